The molecular weight excluding hydrogens is 340 g/mol. The normalized spacial score (nSPS) is 11.7. The summed E-state index contributed by atoms with van der Waals surface area (Å²) >= 11 is 1.63. The molecule has 1 amide bonds. The van der Waals surface area contributed by atoms with Crippen LogP contribution in [0.3, 0.4) is 0 Å². The van der Waals surface area contributed by atoms with Gasteiger partial charge in [-0.05, 0) is 38.0 Å². The van der Waals surface area contributed by atoms with E-state index in [0.29, 0.717) is 5.56 Å². The van der Waals surface area contributed by atoms with Crippen molar-refractivity contribution in [1.82, 2.24) is 4.57 Å². The fourth-order valence-corrected chi connectivity index (χ4v) is 4.39. The monoisotopic (exact) mass is 364 g/mol. The first-order valence-corrected chi connectivity index (χ1v) is 9.89. The average molecular weight is 365 g/mol. The van der Waals surface area contributed by atoms with Gasteiger partial charge in [-0.1, -0.05) is 61.4 Å². The molecule has 0 saturated heterocycles. The van der Waals surface area contributed by atoms with E-state index in [9.17, 15) is 4.79 Å². The van der Waals surface area contributed by atoms with Crippen LogP contribution in [0.2, 0.25) is 0 Å². The van der Waals surface area contributed by atoms with Gasteiger partial charge in [0.25, 0.3) is 5.91 Å². The number of rotatable bonds is 5. The molecule has 0 N–H and O–H groups in total. The largest absolute Gasteiger partial charge is 0.316 e. The van der Waals surface area contributed by atoms with E-state index in [1.165, 1.54) is 16.1 Å². The molecule has 0 aliphatic rings. The summed E-state index contributed by atoms with van der Waals surface area (Å²) in [5.74, 6) is -0.181. The van der Waals surface area contributed by atoms with Crippen molar-refractivity contribution in [3.05, 3.63) is 75.4 Å². The number of hydrogen-bond donors (Lipinski definition) is 0. The Morgan fingerprint density at radius 3 is 2.50 bits per heavy atom. The number of carbonyl (C=O) groups excluding carboxylic acids is 1. The van der Waals surface area contributed by atoms with Gasteiger partial charge in [0, 0.05) is 17.0 Å². The summed E-state index contributed by atoms with van der Waals surface area (Å²) in [7, 11) is 0. The lowest BCUT2D eigenvalue weighted by atomic mass is 10.1. The zero-order valence-corrected chi connectivity index (χ0v) is 16.3. The molecule has 4 heteroatoms. The van der Waals surface area contributed by atoms with Crippen LogP contribution < -0.4 is 4.80 Å². The minimum Gasteiger partial charge on any atom is -0.316 e. The predicted octanol–water partition coefficient (Wildman–Crippen LogP) is 5.24. The number of carbonyl (C=O) groups is 1. The summed E-state index contributed by atoms with van der Waals surface area (Å²) in [5, 5.41) is 0. The van der Waals surface area contributed by atoms with Crippen LogP contribution in [0.25, 0.3) is 11.3 Å². The Bertz CT molecular complexity index is 967. The lowest BCUT2D eigenvalue weighted by Gasteiger charge is -2.08. The highest BCUT2D eigenvalue weighted by Gasteiger charge is 2.15. The SMILES string of the molecule is CCCc1sc(=NC(=O)c2cccc(C)c2)n(CC)c1-c1ccccc1. The van der Waals surface area contributed by atoms with Crippen LogP contribution in [0.1, 0.15) is 41.1 Å². The highest BCUT2D eigenvalue weighted by Crippen LogP contribution is 2.27. The molecule has 3 rings (SSSR count). The molecule has 0 fully saturated rings. The maximum atomic E-state index is 12.7. The Hall–Kier alpha value is -2.46. The third-order valence-electron chi connectivity index (χ3n) is 4.28. The molecule has 1 heterocycles. The third-order valence-corrected chi connectivity index (χ3v) is 5.42. The average Bonchev–Trinajstić information content (AvgIpc) is 2.99. The van der Waals surface area contributed by atoms with Crippen molar-refractivity contribution in [3.8, 4) is 11.3 Å². The molecule has 134 valence electrons. The summed E-state index contributed by atoms with van der Waals surface area (Å²) in [6.45, 7) is 7.05. The molecule has 2 aromatic carbocycles. The van der Waals surface area contributed by atoms with Crippen molar-refractivity contribution in [1.29, 1.82) is 0 Å². The summed E-state index contributed by atoms with van der Waals surface area (Å²) in [6.07, 6.45) is 2.05. The van der Waals surface area contributed by atoms with Gasteiger partial charge in [-0.15, -0.1) is 11.3 Å². The fraction of sp³-hybridized carbons (Fsp3) is 0.273. The van der Waals surface area contributed by atoms with Gasteiger partial charge in [-0.2, -0.15) is 4.99 Å². The molecule has 26 heavy (non-hydrogen) atoms. The quantitative estimate of drug-likeness (QED) is 0.610. The van der Waals surface area contributed by atoms with Crippen LogP contribution in [0.5, 0.6) is 0 Å². The second-order valence-electron chi connectivity index (χ2n) is 6.30. The Balaban J connectivity index is 2.14. The van der Waals surface area contributed by atoms with Crippen molar-refractivity contribution in [2.45, 2.75) is 40.2 Å². The van der Waals surface area contributed by atoms with Crippen LogP contribution in [0.4, 0.5) is 0 Å². The van der Waals surface area contributed by atoms with Crippen molar-refractivity contribution < 1.29 is 4.79 Å². The third kappa shape index (κ3) is 3.86. The zero-order chi connectivity index (χ0) is 18.5. The van der Waals surface area contributed by atoms with Gasteiger partial charge in [0.05, 0.1) is 5.69 Å². The van der Waals surface area contributed by atoms with Gasteiger partial charge >= 0.3 is 0 Å². The van der Waals surface area contributed by atoms with E-state index < -0.39 is 0 Å². The van der Waals surface area contributed by atoms with E-state index in [1.54, 1.807) is 11.3 Å². The zero-order valence-electron chi connectivity index (χ0n) is 15.5. The van der Waals surface area contributed by atoms with E-state index in [0.717, 1.165) is 29.8 Å². The number of nitrogens with zero attached hydrogens (tertiary/aromatic N) is 2. The molecular formula is C22H24N2OS. The number of amides is 1. The van der Waals surface area contributed by atoms with Gasteiger partial charge in [0.2, 0.25) is 0 Å². The standard InChI is InChI=1S/C22H24N2OS/c1-4-10-19-20(17-12-7-6-8-13-17)24(5-2)22(26-19)23-21(25)18-14-9-11-16(3)15-18/h6-9,11-15H,4-5,10H2,1-3H3. The van der Waals surface area contributed by atoms with Gasteiger partial charge in [0.1, 0.15) is 0 Å². The summed E-state index contributed by atoms with van der Waals surface area (Å²) in [5.41, 5.74) is 4.07. The smallest absolute Gasteiger partial charge is 0.279 e. The maximum absolute atomic E-state index is 12.7. The topological polar surface area (TPSA) is 34.4 Å². The first-order valence-electron chi connectivity index (χ1n) is 9.07. The lowest BCUT2D eigenvalue weighted by Crippen LogP contribution is -2.17. The maximum Gasteiger partial charge on any atom is 0.279 e. The van der Waals surface area contributed by atoms with Gasteiger partial charge < -0.3 is 4.57 Å². The molecule has 0 aliphatic heterocycles. The first kappa shape index (κ1) is 18.3. The predicted molar refractivity (Wildman–Crippen MR) is 108 cm³/mol. The molecule has 3 aromatic rings. The molecule has 0 radical (unpaired) electrons. The Labute approximate surface area is 158 Å². The molecule has 0 unspecified atom stereocenters. The second kappa shape index (κ2) is 8.28. The van der Waals surface area contributed by atoms with Crippen LogP contribution in [0, 0.1) is 6.92 Å². The van der Waals surface area contributed by atoms with Gasteiger partial charge in [0.15, 0.2) is 4.80 Å². The minimum atomic E-state index is -0.181. The Morgan fingerprint density at radius 1 is 1.08 bits per heavy atom. The van der Waals surface area contributed by atoms with E-state index >= 15 is 0 Å². The lowest BCUT2D eigenvalue weighted by molar-refractivity contribution is 0.0997. The number of aromatic nitrogens is 1. The summed E-state index contributed by atoms with van der Waals surface area (Å²) < 4.78 is 2.17. The molecule has 0 aliphatic carbocycles. The highest BCUT2D eigenvalue weighted by molar-refractivity contribution is 7.09. The van der Waals surface area contributed by atoms with E-state index in [2.05, 4.69) is 47.7 Å². The number of hydrogen-bond acceptors (Lipinski definition) is 2. The van der Waals surface area contributed by atoms with Crippen LogP contribution in [-0.2, 0) is 13.0 Å². The van der Waals surface area contributed by atoms with Crippen molar-refractivity contribution in [2.24, 2.45) is 4.99 Å². The van der Waals surface area contributed by atoms with Crippen LogP contribution in [-0.4, -0.2) is 10.5 Å². The van der Waals surface area contributed by atoms with Crippen molar-refractivity contribution >= 4 is 17.2 Å². The summed E-state index contributed by atoms with van der Waals surface area (Å²) in [6, 6.07) is 18.0. The first-order chi connectivity index (χ1) is 12.6. The Morgan fingerprint density at radius 2 is 1.85 bits per heavy atom. The second-order valence-corrected chi connectivity index (χ2v) is 7.37. The number of thiazole rings is 1. The van der Waals surface area contributed by atoms with Gasteiger partial charge in [-0.3, -0.25) is 4.79 Å². The highest BCUT2D eigenvalue weighted by atomic mass is 32.1. The Kier molecular flexibility index (Phi) is 5.84. The molecule has 0 saturated carbocycles. The van der Waals surface area contributed by atoms with E-state index in [4.69, 9.17) is 0 Å². The molecule has 0 atom stereocenters. The molecule has 1 aromatic heterocycles. The minimum absolute atomic E-state index is 0.181. The molecule has 3 nitrogen and oxygen atoms in total. The van der Waals surface area contributed by atoms with Crippen molar-refractivity contribution in [2.75, 3.05) is 0 Å². The van der Waals surface area contributed by atoms with Crippen LogP contribution in [0.15, 0.2) is 59.6 Å². The van der Waals surface area contributed by atoms with E-state index in [1.807, 2.05) is 37.3 Å². The van der Waals surface area contributed by atoms with E-state index in [-0.39, 0.29) is 5.91 Å². The number of benzene rings is 2. The fourth-order valence-electron chi connectivity index (χ4n) is 3.08. The summed E-state index contributed by atoms with van der Waals surface area (Å²) in [4.78, 5) is 19.2. The number of aryl methyl sites for hydroxylation is 2. The van der Waals surface area contributed by atoms with Crippen molar-refractivity contribution in [3.63, 3.8) is 0 Å². The van der Waals surface area contributed by atoms with Crippen LogP contribution >= 0.6 is 11.3 Å². The molecule has 0 bridgehead atoms. The van der Waals surface area contributed by atoms with Gasteiger partial charge in [-0.25, -0.2) is 0 Å². The molecule has 0 spiro atoms.